The van der Waals surface area contributed by atoms with Gasteiger partial charge in [0.15, 0.2) is 0 Å². The Labute approximate surface area is 266 Å². The van der Waals surface area contributed by atoms with E-state index in [9.17, 15) is 31.8 Å². The zero-order valence-electron chi connectivity index (χ0n) is 25.4. The zero-order chi connectivity index (χ0) is 33.2. The van der Waals surface area contributed by atoms with Gasteiger partial charge in [-0.15, -0.1) is 0 Å². The van der Waals surface area contributed by atoms with Crippen LogP contribution in [0.2, 0.25) is 10.0 Å². The molecule has 1 heterocycles. The van der Waals surface area contributed by atoms with E-state index in [1.54, 1.807) is 63.2 Å². The van der Waals surface area contributed by atoms with Gasteiger partial charge in [0.05, 0.1) is 40.5 Å². The van der Waals surface area contributed by atoms with E-state index in [4.69, 9.17) is 27.9 Å². The van der Waals surface area contributed by atoms with Gasteiger partial charge in [-0.3, -0.25) is 14.4 Å². The summed E-state index contributed by atoms with van der Waals surface area (Å²) in [4.78, 5) is 40.8. The molecule has 0 bridgehead atoms. The van der Waals surface area contributed by atoms with Gasteiger partial charge in [0.2, 0.25) is 5.91 Å². The highest BCUT2D eigenvalue weighted by Gasteiger charge is 2.53. The molecule has 2 amide bonds. The summed E-state index contributed by atoms with van der Waals surface area (Å²) in [5, 5.41) is -0.0535. The number of halogens is 5. The van der Waals surface area contributed by atoms with Gasteiger partial charge < -0.3 is 9.64 Å². The van der Waals surface area contributed by atoms with Crippen molar-refractivity contribution < 1.29 is 36.5 Å². The monoisotopic (exact) mass is 676 g/mol. The number of carbonyl (C=O) groups excluding carboxylic acids is 3. The lowest BCUT2D eigenvalue weighted by molar-refractivity contribution is -0.169. The quantitative estimate of drug-likeness (QED) is 0.255. The fourth-order valence-electron chi connectivity index (χ4n) is 5.67. The molecule has 0 N–H and O–H groups in total. The number of benzene rings is 2. The van der Waals surface area contributed by atoms with Gasteiger partial charge in [-0.1, -0.05) is 82.1 Å². The third-order valence-electron chi connectivity index (χ3n) is 8.11. The number of likely N-dealkylation sites (tertiary alicyclic amines) is 1. The van der Waals surface area contributed by atoms with E-state index in [1.807, 2.05) is 6.07 Å². The largest absolute Gasteiger partial charge is 0.474 e. The zero-order valence-corrected chi connectivity index (χ0v) is 27.7. The van der Waals surface area contributed by atoms with Crippen molar-refractivity contribution in [3.63, 3.8) is 0 Å². The molecule has 2 aromatic carbocycles. The Bertz CT molecular complexity index is 1510. The Morgan fingerprint density at radius 2 is 1.68 bits per heavy atom. The van der Waals surface area contributed by atoms with Gasteiger partial charge in [0.25, 0.3) is 0 Å². The summed E-state index contributed by atoms with van der Waals surface area (Å²) in [5.41, 5.74) is 0.112. The number of nitrogens with zero attached hydrogens (tertiary/aromatic N) is 2. The van der Waals surface area contributed by atoms with E-state index in [1.165, 1.54) is 25.9 Å². The molecule has 7 nitrogen and oxygen atoms in total. The first-order chi connectivity index (χ1) is 20.3. The fourth-order valence-corrected chi connectivity index (χ4v) is 8.08. The first-order valence-corrected chi connectivity index (χ1v) is 16.6. The summed E-state index contributed by atoms with van der Waals surface area (Å²) >= 11 is 12.6. The first kappa shape index (κ1) is 35.8. The van der Waals surface area contributed by atoms with Gasteiger partial charge in [-0.2, -0.15) is 17.5 Å². The highest BCUT2D eigenvalue weighted by molar-refractivity contribution is 7.94. The molecule has 1 fully saturated rings. The first-order valence-electron chi connectivity index (χ1n) is 14.1. The number of hydrogen-bond acceptors (Lipinski definition) is 5. The van der Waals surface area contributed by atoms with Crippen LogP contribution in [0.1, 0.15) is 70.5 Å². The molecule has 0 radical (unpaired) electrons. The van der Waals surface area contributed by atoms with E-state index in [0.717, 1.165) is 5.56 Å². The number of esters is 1. The summed E-state index contributed by atoms with van der Waals surface area (Å²) in [6, 6.07) is 12.2. The van der Waals surface area contributed by atoms with Crippen LogP contribution in [0.3, 0.4) is 0 Å². The number of rotatable bonds is 9. The lowest BCUT2D eigenvalue weighted by Crippen LogP contribution is -2.59. The Kier molecular flexibility index (Phi) is 11.2. The maximum atomic E-state index is 14.7. The van der Waals surface area contributed by atoms with Crippen LogP contribution in [0.15, 0.2) is 52.9 Å². The van der Waals surface area contributed by atoms with Crippen LogP contribution >= 0.6 is 23.2 Å². The van der Waals surface area contributed by atoms with Gasteiger partial charge in [-0.05, 0) is 47.7 Å². The van der Waals surface area contributed by atoms with Crippen molar-refractivity contribution in [1.29, 1.82) is 0 Å². The molecule has 44 heavy (non-hydrogen) atoms. The Hall–Kier alpha value is -2.63. The number of carbonyl (C=O) groups is 3. The van der Waals surface area contributed by atoms with Crippen LogP contribution in [0.4, 0.5) is 13.2 Å². The smallest absolute Gasteiger partial charge is 0.469 e. The highest BCUT2D eigenvalue weighted by Crippen LogP contribution is 2.52. The van der Waals surface area contributed by atoms with Crippen molar-refractivity contribution in [1.82, 2.24) is 4.90 Å². The van der Waals surface area contributed by atoms with Gasteiger partial charge >= 0.3 is 18.1 Å². The number of amides is 2. The second-order valence-corrected chi connectivity index (χ2v) is 15.7. The number of methoxy groups -OCH3 is 1. The molecule has 1 saturated heterocycles. The van der Waals surface area contributed by atoms with Crippen molar-refractivity contribution in [2.45, 2.75) is 76.9 Å². The van der Waals surface area contributed by atoms with E-state index >= 15 is 0 Å². The molecule has 2 aromatic rings. The maximum Gasteiger partial charge on any atom is 0.474 e. The molecule has 5 atom stereocenters. The molecular weight excluding hydrogens is 640 g/mol. The van der Waals surface area contributed by atoms with Crippen LogP contribution < -0.4 is 0 Å². The van der Waals surface area contributed by atoms with Gasteiger partial charge in [0.1, 0.15) is 0 Å². The molecule has 1 aliphatic heterocycles. The molecule has 0 spiro atoms. The molecule has 13 heteroatoms. The van der Waals surface area contributed by atoms with E-state index in [-0.39, 0.29) is 12.8 Å². The summed E-state index contributed by atoms with van der Waals surface area (Å²) in [6.45, 7) is 8.01. The highest BCUT2D eigenvalue weighted by atomic mass is 35.5. The second-order valence-electron chi connectivity index (χ2n) is 12.0. The van der Waals surface area contributed by atoms with Crippen molar-refractivity contribution in [2.75, 3.05) is 12.9 Å². The van der Waals surface area contributed by atoms with Gasteiger partial charge in [0, 0.05) is 27.3 Å². The van der Waals surface area contributed by atoms with Gasteiger partial charge in [-0.25, -0.2) is 4.21 Å². The molecule has 3 rings (SSSR count). The summed E-state index contributed by atoms with van der Waals surface area (Å²) in [5.74, 6) is -4.94. The SMILES string of the molecule is COC(=O)C[C@@]1(C)C[C@H](c2cccc(Cl)c2)[C@@H](c2ccc(Cl)cc2)N(C(CS(=O)(=NC(=O)C(F)(F)F)C(C)C)C(C)C)C1=O. The third-order valence-corrected chi connectivity index (χ3v) is 11.4. The molecule has 0 saturated carbocycles. The van der Waals surface area contributed by atoms with Crippen molar-refractivity contribution >= 4 is 50.7 Å². The molecule has 2 unspecified atom stereocenters. The lowest BCUT2D eigenvalue weighted by Gasteiger charge is -2.53. The molecule has 1 aliphatic rings. The van der Waals surface area contributed by atoms with Crippen molar-refractivity contribution in [3.8, 4) is 0 Å². The molecule has 242 valence electrons. The number of ether oxygens (including phenoxy) is 1. The third kappa shape index (κ3) is 7.95. The summed E-state index contributed by atoms with van der Waals surface area (Å²) < 4.78 is 62.2. The topological polar surface area (TPSA) is 93.1 Å². The minimum atomic E-state index is -5.31. The number of piperidine rings is 1. The van der Waals surface area contributed by atoms with Crippen LogP contribution in [0.5, 0.6) is 0 Å². The average Bonchev–Trinajstić information content (AvgIpc) is 2.93. The minimum absolute atomic E-state index is 0.201. The van der Waals surface area contributed by atoms with E-state index < -0.39 is 74.0 Å². The average molecular weight is 678 g/mol. The number of hydrogen-bond donors (Lipinski definition) is 0. The van der Waals surface area contributed by atoms with E-state index in [0.29, 0.717) is 15.6 Å². The fraction of sp³-hybridized carbons (Fsp3) is 0.516. The Balaban J connectivity index is 2.35. The molecule has 0 aromatic heterocycles. The molecular formula is C31H37Cl2F3N2O5S. The molecule has 0 aliphatic carbocycles. The van der Waals surface area contributed by atoms with Crippen LogP contribution in [0.25, 0.3) is 0 Å². The van der Waals surface area contributed by atoms with Crippen molar-refractivity contribution in [3.05, 3.63) is 69.7 Å². The normalized spacial score (nSPS) is 22.9. The standard InChI is InChI=1S/C31H37Cl2F3N2O5S/c1-18(2)25(17-44(42,19(3)4)37-28(40)31(34,35)36)38-27(20-10-12-22(32)13-11-20)24(21-8-7-9-23(33)14-21)15-30(5,29(38)41)16-26(39)43-6/h7-14,18-19,24-25,27H,15-17H2,1-6H3/t24-,25?,27-,30-,44?/m1/s1. The summed E-state index contributed by atoms with van der Waals surface area (Å²) in [6.07, 6.45) is -5.38. The predicted molar refractivity (Wildman–Crippen MR) is 165 cm³/mol. The lowest BCUT2D eigenvalue weighted by atomic mass is 9.66. The minimum Gasteiger partial charge on any atom is -0.469 e. The van der Waals surface area contributed by atoms with Crippen LogP contribution in [0, 0.1) is 11.3 Å². The van der Waals surface area contributed by atoms with Crippen LogP contribution in [-0.2, 0) is 28.8 Å². The predicted octanol–water partition coefficient (Wildman–Crippen LogP) is 7.61. The Morgan fingerprint density at radius 1 is 1.07 bits per heavy atom. The Morgan fingerprint density at radius 3 is 2.18 bits per heavy atom. The maximum absolute atomic E-state index is 14.7. The van der Waals surface area contributed by atoms with Crippen LogP contribution in [-0.4, -0.2) is 57.2 Å². The van der Waals surface area contributed by atoms with E-state index in [2.05, 4.69) is 4.36 Å². The second kappa shape index (κ2) is 13.8. The summed E-state index contributed by atoms with van der Waals surface area (Å²) in [7, 11) is -2.63. The van der Waals surface area contributed by atoms with Crippen molar-refractivity contribution in [2.24, 2.45) is 15.7 Å². The number of alkyl halides is 3.